The van der Waals surface area contributed by atoms with E-state index < -0.39 is 0 Å². The highest BCUT2D eigenvalue weighted by Gasteiger charge is 2.09. The van der Waals surface area contributed by atoms with Gasteiger partial charge in [0.1, 0.15) is 5.01 Å². The van der Waals surface area contributed by atoms with E-state index >= 15 is 0 Å². The number of hydrogen-bond acceptors (Lipinski definition) is 6. The number of anilines is 1. The van der Waals surface area contributed by atoms with E-state index in [0.29, 0.717) is 22.8 Å². The average molecular weight is 328 g/mol. The van der Waals surface area contributed by atoms with E-state index in [1.807, 2.05) is 25.1 Å². The van der Waals surface area contributed by atoms with Crippen molar-refractivity contribution < 1.29 is 4.79 Å². The summed E-state index contributed by atoms with van der Waals surface area (Å²) in [6.07, 6.45) is 0.771. The number of aromatic nitrogens is 3. The Morgan fingerprint density at radius 1 is 1.35 bits per heavy atom. The zero-order valence-electron chi connectivity index (χ0n) is 12.9. The zero-order valence-corrected chi connectivity index (χ0v) is 13.7. The minimum absolute atomic E-state index is 0.00775. The van der Waals surface area contributed by atoms with Gasteiger partial charge in [-0.2, -0.15) is 9.61 Å². The van der Waals surface area contributed by atoms with Crippen LogP contribution in [-0.4, -0.2) is 20.4 Å². The number of hydrogen-bond donors (Lipinski definition) is 1. The summed E-state index contributed by atoms with van der Waals surface area (Å²) in [5.74, 6) is -0.00775. The Morgan fingerprint density at radius 3 is 2.87 bits per heavy atom. The van der Waals surface area contributed by atoms with Crippen molar-refractivity contribution in [3.05, 3.63) is 57.0 Å². The van der Waals surface area contributed by atoms with Crippen molar-refractivity contribution in [2.45, 2.75) is 26.8 Å². The van der Waals surface area contributed by atoms with Gasteiger partial charge in [-0.1, -0.05) is 30.4 Å². The first-order valence-corrected chi connectivity index (χ1v) is 8.12. The predicted molar refractivity (Wildman–Crippen MR) is 90.3 cm³/mol. The fourth-order valence-electron chi connectivity index (χ4n) is 2.26. The monoisotopic (exact) mass is 328 g/mol. The summed E-state index contributed by atoms with van der Waals surface area (Å²) in [5, 5.41) is 8.28. The first-order valence-electron chi connectivity index (χ1n) is 7.31. The Labute approximate surface area is 136 Å². The molecule has 0 aliphatic rings. The van der Waals surface area contributed by atoms with E-state index in [0.717, 1.165) is 17.1 Å². The highest BCUT2D eigenvalue weighted by Crippen LogP contribution is 2.17. The Balaban J connectivity index is 1.88. The Kier molecular flexibility index (Phi) is 4.20. The van der Waals surface area contributed by atoms with Gasteiger partial charge in [-0.25, -0.2) is 4.98 Å². The molecular formula is C16H16N4O2S. The van der Waals surface area contributed by atoms with Gasteiger partial charge in [0.05, 0.1) is 12.2 Å². The van der Waals surface area contributed by atoms with E-state index in [1.165, 1.54) is 28.8 Å². The maximum atomic E-state index is 12.1. The van der Waals surface area contributed by atoms with E-state index in [4.69, 9.17) is 0 Å². The van der Waals surface area contributed by atoms with Crippen molar-refractivity contribution in [3.63, 3.8) is 0 Å². The second-order valence-electron chi connectivity index (χ2n) is 5.08. The number of nitrogens with one attached hydrogen (secondary N) is 1. The lowest BCUT2D eigenvalue weighted by Gasteiger charge is -2.09. The summed E-state index contributed by atoms with van der Waals surface area (Å²) >= 11 is 1.41. The Hall–Kier alpha value is -2.54. The summed E-state index contributed by atoms with van der Waals surface area (Å²) in [6.45, 7) is 3.89. The number of Topliss-reactive ketones (excluding diaryl/α,β-unsaturated/α-hetero) is 1. The number of fused-ring (bicyclic) bond motifs is 1. The van der Waals surface area contributed by atoms with E-state index in [9.17, 15) is 9.59 Å². The molecule has 0 aliphatic carbocycles. The van der Waals surface area contributed by atoms with Crippen molar-refractivity contribution >= 4 is 27.8 Å². The van der Waals surface area contributed by atoms with Gasteiger partial charge < -0.3 is 5.32 Å². The first-order chi connectivity index (χ1) is 11.1. The molecule has 0 saturated carbocycles. The molecule has 0 spiro atoms. The molecule has 0 atom stereocenters. The number of carbonyl (C=O) groups is 1. The Morgan fingerprint density at radius 2 is 2.13 bits per heavy atom. The van der Waals surface area contributed by atoms with Gasteiger partial charge in [-0.05, 0) is 25.5 Å². The summed E-state index contributed by atoms with van der Waals surface area (Å²) in [5.41, 5.74) is 1.79. The lowest BCUT2D eigenvalue weighted by Crippen LogP contribution is -2.17. The van der Waals surface area contributed by atoms with Gasteiger partial charge in [0, 0.05) is 17.3 Å². The molecule has 1 N–H and O–H groups in total. The number of aryl methyl sites for hydroxylation is 1. The second kappa shape index (κ2) is 6.29. The number of rotatable bonds is 5. The normalized spacial score (nSPS) is 10.9. The minimum Gasteiger partial charge on any atom is -0.379 e. The topological polar surface area (TPSA) is 76.4 Å². The summed E-state index contributed by atoms with van der Waals surface area (Å²) in [4.78, 5) is 28.8. The molecular weight excluding hydrogens is 312 g/mol. The third-order valence-corrected chi connectivity index (χ3v) is 4.46. The molecule has 2 heterocycles. The predicted octanol–water partition coefficient (Wildman–Crippen LogP) is 2.53. The lowest BCUT2D eigenvalue weighted by atomic mass is 10.1. The SMILES string of the molecule is CCc1nn2c(=O)cc(CNc3ccccc3C(C)=O)nc2s1. The standard InChI is InChI=1S/C16H16N4O2S/c1-3-14-19-20-15(22)8-11(18-16(20)23-14)9-17-13-7-5-4-6-12(13)10(2)21/h4-8,17H,3,9H2,1-2H3. The fourth-order valence-corrected chi connectivity index (χ4v) is 3.12. The number of para-hydroxylation sites is 1. The molecule has 6 nitrogen and oxygen atoms in total. The zero-order chi connectivity index (χ0) is 16.4. The van der Waals surface area contributed by atoms with Crippen molar-refractivity contribution in [3.8, 4) is 0 Å². The van der Waals surface area contributed by atoms with Gasteiger partial charge in [-0.15, -0.1) is 0 Å². The minimum atomic E-state index is -0.192. The van der Waals surface area contributed by atoms with Crippen molar-refractivity contribution in [1.29, 1.82) is 0 Å². The third kappa shape index (κ3) is 3.14. The molecule has 0 amide bonds. The van der Waals surface area contributed by atoms with Crippen LogP contribution in [0.2, 0.25) is 0 Å². The van der Waals surface area contributed by atoms with Crippen LogP contribution in [0.25, 0.3) is 4.96 Å². The van der Waals surface area contributed by atoms with E-state index in [-0.39, 0.29) is 11.3 Å². The highest BCUT2D eigenvalue weighted by atomic mass is 32.1. The lowest BCUT2D eigenvalue weighted by molar-refractivity contribution is 0.101. The third-order valence-electron chi connectivity index (χ3n) is 3.41. The summed E-state index contributed by atoms with van der Waals surface area (Å²) < 4.78 is 1.33. The van der Waals surface area contributed by atoms with Gasteiger partial charge in [0.25, 0.3) is 5.56 Å². The van der Waals surface area contributed by atoms with E-state index in [2.05, 4.69) is 15.4 Å². The maximum absolute atomic E-state index is 12.1. The molecule has 118 valence electrons. The van der Waals surface area contributed by atoms with E-state index in [1.54, 1.807) is 6.07 Å². The van der Waals surface area contributed by atoms with Gasteiger partial charge in [0.2, 0.25) is 4.96 Å². The van der Waals surface area contributed by atoms with Gasteiger partial charge in [0.15, 0.2) is 5.78 Å². The second-order valence-corrected chi connectivity index (χ2v) is 6.13. The van der Waals surface area contributed by atoms with Crippen LogP contribution in [0.3, 0.4) is 0 Å². The van der Waals surface area contributed by atoms with Crippen LogP contribution >= 0.6 is 11.3 Å². The van der Waals surface area contributed by atoms with Gasteiger partial charge >= 0.3 is 0 Å². The quantitative estimate of drug-likeness (QED) is 0.728. The summed E-state index contributed by atoms with van der Waals surface area (Å²) in [6, 6.07) is 8.76. The first kappa shape index (κ1) is 15.4. The van der Waals surface area contributed by atoms with Crippen LogP contribution < -0.4 is 10.9 Å². The van der Waals surface area contributed by atoms with Crippen LogP contribution in [-0.2, 0) is 13.0 Å². The Bertz CT molecular complexity index is 929. The molecule has 7 heteroatoms. The van der Waals surface area contributed by atoms with Crippen LogP contribution in [0, 0.1) is 0 Å². The molecule has 0 saturated heterocycles. The molecule has 3 aromatic rings. The molecule has 0 fully saturated rings. The molecule has 2 aromatic heterocycles. The number of ketones is 1. The molecule has 0 bridgehead atoms. The molecule has 23 heavy (non-hydrogen) atoms. The summed E-state index contributed by atoms with van der Waals surface area (Å²) in [7, 11) is 0. The number of carbonyl (C=O) groups excluding carboxylic acids is 1. The fraction of sp³-hybridized carbons (Fsp3) is 0.250. The van der Waals surface area contributed by atoms with Crippen LogP contribution in [0.15, 0.2) is 35.1 Å². The molecule has 1 aromatic carbocycles. The van der Waals surface area contributed by atoms with Gasteiger partial charge in [-0.3, -0.25) is 9.59 Å². The van der Waals surface area contributed by atoms with Crippen molar-refractivity contribution in [2.24, 2.45) is 0 Å². The highest BCUT2D eigenvalue weighted by molar-refractivity contribution is 7.16. The van der Waals surface area contributed by atoms with Crippen molar-refractivity contribution in [2.75, 3.05) is 5.32 Å². The smallest absolute Gasteiger partial charge is 0.275 e. The molecule has 0 radical (unpaired) electrons. The average Bonchev–Trinajstić information content (AvgIpc) is 2.97. The largest absolute Gasteiger partial charge is 0.379 e. The molecule has 0 unspecified atom stereocenters. The number of nitrogens with zero attached hydrogens (tertiary/aromatic N) is 3. The maximum Gasteiger partial charge on any atom is 0.275 e. The number of benzene rings is 1. The van der Waals surface area contributed by atoms with Crippen LogP contribution in [0.5, 0.6) is 0 Å². The molecule has 0 aliphatic heterocycles. The van der Waals surface area contributed by atoms with Crippen LogP contribution in [0.4, 0.5) is 5.69 Å². The van der Waals surface area contributed by atoms with Crippen LogP contribution in [0.1, 0.15) is 34.9 Å². The van der Waals surface area contributed by atoms with Crippen molar-refractivity contribution in [1.82, 2.24) is 14.6 Å². The molecule has 3 rings (SSSR count).